The van der Waals surface area contributed by atoms with Gasteiger partial charge in [0, 0.05) is 0 Å². The zero-order chi connectivity index (χ0) is 22.3. The first-order valence-electron chi connectivity index (χ1n) is 9.36. The van der Waals surface area contributed by atoms with Gasteiger partial charge in [0.15, 0.2) is 11.4 Å². The fourth-order valence-electron chi connectivity index (χ4n) is 2.97. The second kappa shape index (κ2) is 10.3. The normalized spacial score (nSPS) is 11.3. The van der Waals surface area contributed by atoms with Crippen LogP contribution >= 0.6 is 23.2 Å². The number of nitrogens with zero attached hydrogens (tertiary/aromatic N) is 1. The smallest absolute Gasteiger partial charge is 0.281 e. The average Bonchev–Trinajstić information content (AvgIpc) is 2.79. The number of nitrogens with one attached hydrogen (secondary N) is 1. The lowest BCUT2D eigenvalue weighted by Crippen LogP contribution is -2.43. The maximum atomic E-state index is 13.0. The molecule has 5 nitrogen and oxygen atoms in total. The first kappa shape index (κ1) is 22.6. The number of benzene rings is 3. The molecule has 7 heteroatoms. The summed E-state index contributed by atoms with van der Waals surface area (Å²) in [7, 11) is 0. The molecule has 31 heavy (non-hydrogen) atoms. The zero-order valence-corrected chi connectivity index (χ0v) is 18.0. The monoisotopic (exact) mass is 454 g/mol. The van der Waals surface area contributed by atoms with Crippen molar-refractivity contribution in [2.24, 2.45) is 5.10 Å². The molecule has 158 valence electrons. The molecule has 0 bridgehead atoms. The third-order valence-electron chi connectivity index (χ3n) is 4.46. The predicted molar refractivity (Wildman–Crippen MR) is 124 cm³/mol. The Morgan fingerprint density at radius 2 is 1.55 bits per heavy atom. The van der Waals surface area contributed by atoms with Gasteiger partial charge >= 0.3 is 0 Å². The second-order valence-corrected chi connectivity index (χ2v) is 7.37. The molecular formula is C24H20Cl2N2O3. The van der Waals surface area contributed by atoms with E-state index in [1.54, 1.807) is 78.9 Å². The molecule has 0 atom stereocenters. The van der Waals surface area contributed by atoms with Crippen LogP contribution in [0.2, 0.25) is 10.0 Å². The Kier molecular flexibility index (Phi) is 7.47. The van der Waals surface area contributed by atoms with Crippen LogP contribution < -0.4 is 10.2 Å². The Morgan fingerprint density at radius 3 is 2.03 bits per heavy atom. The maximum absolute atomic E-state index is 13.0. The number of hydrogen-bond donors (Lipinski definition) is 2. The van der Waals surface area contributed by atoms with Gasteiger partial charge in [0.2, 0.25) is 0 Å². The molecule has 0 aliphatic carbocycles. The summed E-state index contributed by atoms with van der Waals surface area (Å²) < 4.78 is 5.43. The number of carbonyl (C=O) groups excluding carboxylic acids is 1. The summed E-state index contributed by atoms with van der Waals surface area (Å²) >= 11 is 12.4. The summed E-state index contributed by atoms with van der Waals surface area (Å²) in [5, 5.41) is 15.9. The zero-order valence-electron chi connectivity index (χ0n) is 16.5. The molecule has 0 spiro atoms. The van der Waals surface area contributed by atoms with Crippen molar-refractivity contribution in [3.05, 3.63) is 112 Å². The van der Waals surface area contributed by atoms with E-state index in [0.717, 1.165) is 0 Å². The molecule has 0 aliphatic rings. The van der Waals surface area contributed by atoms with Crippen LogP contribution in [0.1, 0.15) is 16.7 Å². The number of hydrogen-bond acceptors (Lipinski definition) is 4. The van der Waals surface area contributed by atoms with Gasteiger partial charge in [-0.05, 0) is 28.8 Å². The number of amides is 1. The molecule has 0 heterocycles. The van der Waals surface area contributed by atoms with E-state index in [4.69, 9.17) is 27.9 Å². The van der Waals surface area contributed by atoms with Crippen LogP contribution in [0.5, 0.6) is 5.75 Å². The van der Waals surface area contributed by atoms with Gasteiger partial charge in [0.1, 0.15) is 6.61 Å². The van der Waals surface area contributed by atoms with Gasteiger partial charge in [-0.1, -0.05) is 96.5 Å². The van der Waals surface area contributed by atoms with Gasteiger partial charge in [-0.3, -0.25) is 4.79 Å². The number of ether oxygens (including phenoxy) is 1. The quantitative estimate of drug-likeness (QED) is 0.287. The highest BCUT2D eigenvalue weighted by atomic mass is 35.5. The second-order valence-electron chi connectivity index (χ2n) is 6.55. The lowest BCUT2D eigenvalue weighted by Gasteiger charge is -2.27. The summed E-state index contributed by atoms with van der Waals surface area (Å²) in [5.41, 5.74) is 1.87. The highest BCUT2D eigenvalue weighted by molar-refractivity contribution is 6.37. The Hall–Kier alpha value is -3.12. The van der Waals surface area contributed by atoms with Crippen molar-refractivity contribution in [3.63, 3.8) is 0 Å². The highest BCUT2D eigenvalue weighted by Gasteiger charge is 2.39. The van der Waals surface area contributed by atoms with Crippen molar-refractivity contribution < 1.29 is 14.6 Å². The number of aliphatic hydroxyl groups is 1. The molecule has 3 aromatic carbocycles. The summed E-state index contributed by atoms with van der Waals surface area (Å²) in [5.74, 6) is -0.365. The van der Waals surface area contributed by atoms with E-state index in [9.17, 15) is 9.90 Å². The van der Waals surface area contributed by atoms with E-state index in [2.05, 4.69) is 17.1 Å². The molecule has 0 aromatic heterocycles. The van der Waals surface area contributed by atoms with Gasteiger partial charge in [0.25, 0.3) is 5.91 Å². The molecule has 0 fully saturated rings. The van der Waals surface area contributed by atoms with E-state index < -0.39 is 11.5 Å². The molecule has 1 amide bonds. The van der Waals surface area contributed by atoms with E-state index in [-0.39, 0.29) is 6.61 Å². The van der Waals surface area contributed by atoms with E-state index in [1.807, 2.05) is 0 Å². The van der Waals surface area contributed by atoms with Crippen molar-refractivity contribution in [1.29, 1.82) is 0 Å². The number of hydrazone groups is 1. The molecule has 0 aliphatic heterocycles. The summed E-state index contributed by atoms with van der Waals surface area (Å²) in [4.78, 5) is 13.0. The summed E-state index contributed by atoms with van der Waals surface area (Å²) in [6, 6.07) is 20.5. The lowest BCUT2D eigenvalue weighted by molar-refractivity contribution is -0.136. The van der Waals surface area contributed by atoms with Crippen LogP contribution in [0.15, 0.2) is 90.6 Å². The van der Waals surface area contributed by atoms with E-state index >= 15 is 0 Å². The fraction of sp³-hybridized carbons (Fsp3) is 0.0833. The third kappa shape index (κ3) is 5.14. The largest absolute Gasteiger partial charge is 0.486 e. The van der Waals surface area contributed by atoms with Crippen LogP contribution in [0.25, 0.3) is 0 Å². The number of rotatable bonds is 8. The SMILES string of the molecule is C=CCOc1c(Cl)cc(/C=N/NC(=O)C(O)(c2ccccc2)c2ccccc2)cc1Cl. The van der Waals surface area contributed by atoms with Crippen molar-refractivity contribution in [2.45, 2.75) is 5.60 Å². The Bertz CT molecular complexity index is 1020. The van der Waals surface area contributed by atoms with Gasteiger partial charge < -0.3 is 9.84 Å². The fourth-order valence-corrected chi connectivity index (χ4v) is 3.58. The Morgan fingerprint density at radius 1 is 1.03 bits per heavy atom. The van der Waals surface area contributed by atoms with Crippen molar-refractivity contribution in [1.82, 2.24) is 5.43 Å². The van der Waals surface area contributed by atoms with Gasteiger partial charge in [-0.2, -0.15) is 5.10 Å². The summed E-state index contributed by atoms with van der Waals surface area (Å²) in [6.07, 6.45) is 2.96. The van der Waals surface area contributed by atoms with Gasteiger partial charge in [0.05, 0.1) is 16.3 Å². The maximum Gasteiger partial charge on any atom is 0.281 e. The number of halogens is 2. The molecule has 3 aromatic rings. The lowest BCUT2D eigenvalue weighted by atomic mass is 9.85. The van der Waals surface area contributed by atoms with E-state index in [0.29, 0.717) is 32.5 Å². The minimum atomic E-state index is -1.92. The van der Waals surface area contributed by atoms with Crippen LogP contribution in [0.3, 0.4) is 0 Å². The first-order valence-corrected chi connectivity index (χ1v) is 10.1. The predicted octanol–water partition coefficient (Wildman–Crippen LogP) is 4.94. The van der Waals surface area contributed by atoms with Crippen LogP contribution in [0.4, 0.5) is 0 Å². The topological polar surface area (TPSA) is 70.9 Å². The molecular weight excluding hydrogens is 435 g/mol. The minimum Gasteiger partial charge on any atom is -0.486 e. The molecule has 0 saturated heterocycles. The highest BCUT2D eigenvalue weighted by Crippen LogP contribution is 2.34. The average molecular weight is 455 g/mol. The molecule has 2 N–H and O–H groups in total. The Labute approximate surface area is 190 Å². The first-order chi connectivity index (χ1) is 15.0. The minimum absolute atomic E-state index is 0.264. The van der Waals surface area contributed by atoms with E-state index in [1.165, 1.54) is 6.21 Å². The standard InChI is InChI=1S/C24H20Cl2N2O3/c1-2-13-31-22-20(25)14-17(15-21(22)26)16-27-28-23(29)24(30,18-9-5-3-6-10-18)19-11-7-4-8-12-19/h2-12,14-16,30H,1,13H2,(H,28,29)/b27-16+. The van der Waals surface area contributed by atoms with Crippen LogP contribution in [-0.2, 0) is 10.4 Å². The summed E-state index contributed by atoms with van der Waals surface area (Å²) in [6.45, 7) is 3.84. The molecule has 0 saturated carbocycles. The van der Waals surface area contributed by atoms with Crippen LogP contribution in [-0.4, -0.2) is 23.8 Å². The van der Waals surface area contributed by atoms with Crippen molar-refractivity contribution in [2.75, 3.05) is 6.61 Å². The van der Waals surface area contributed by atoms with Crippen molar-refractivity contribution in [3.8, 4) is 5.75 Å². The molecule has 3 rings (SSSR count). The van der Waals surface area contributed by atoms with Gasteiger partial charge in [-0.15, -0.1) is 0 Å². The van der Waals surface area contributed by atoms with Gasteiger partial charge in [-0.25, -0.2) is 5.43 Å². The molecule has 0 radical (unpaired) electrons. The van der Waals surface area contributed by atoms with Crippen molar-refractivity contribution >= 4 is 35.3 Å². The molecule has 0 unspecified atom stereocenters. The number of carbonyl (C=O) groups is 1. The Balaban J connectivity index is 1.84. The third-order valence-corrected chi connectivity index (χ3v) is 5.02. The van der Waals surface area contributed by atoms with Crippen LogP contribution in [0, 0.1) is 0 Å².